The Morgan fingerprint density at radius 2 is 1.91 bits per heavy atom. The second-order valence-electron chi connectivity index (χ2n) is 9.05. The first-order chi connectivity index (χ1) is 15.5. The highest BCUT2D eigenvalue weighted by Crippen LogP contribution is 2.45. The lowest BCUT2D eigenvalue weighted by Gasteiger charge is -2.30. The van der Waals surface area contributed by atoms with Crippen LogP contribution in [-0.2, 0) is 17.8 Å². The van der Waals surface area contributed by atoms with Crippen LogP contribution in [0.5, 0.6) is 11.5 Å². The predicted molar refractivity (Wildman–Crippen MR) is 122 cm³/mol. The first-order valence-electron chi connectivity index (χ1n) is 10.6. The van der Waals surface area contributed by atoms with Crippen molar-refractivity contribution in [3.8, 4) is 11.5 Å². The Balaban J connectivity index is 1.89. The van der Waals surface area contributed by atoms with E-state index < -0.39 is 5.60 Å². The number of phenolic OH excluding ortho intramolecular Hbond substituents is 1. The third kappa shape index (κ3) is 3.97. The van der Waals surface area contributed by atoms with E-state index in [-0.39, 0.29) is 41.0 Å². The van der Waals surface area contributed by atoms with Crippen molar-refractivity contribution in [1.29, 1.82) is 0 Å². The van der Waals surface area contributed by atoms with Crippen LogP contribution in [0.3, 0.4) is 0 Å². The molecule has 1 aliphatic rings. The molecule has 172 valence electrons. The number of likely N-dealkylation sites (N-methyl/N-ethyl adjacent to an activating group) is 1. The smallest absolute Gasteiger partial charge is 0.265 e. The molecule has 0 bridgehead atoms. The fourth-order valence-electron chi connectivity index (χ4n) is 4.18. The van der Waals surface area contributed by atoms with Crippen LogP contribution in [0.4, 0.5) is 4.39 Å². The van der Waals surface area contributed by atoms with Crippen LogP contribution >= 0.6 is 0 Å². The first kappa shape index (κ1) is 22.5. The molecule has 0 saturated carbocycles. The molecule has 33 heavy (non-hydrogen) atoms. The van der Waals surface area contributed by atoms with Gasteiger partial charge in [0, 0.05) is 38.3 Å². The van der Waals surface area contributed by atoms with Crippen molar-refractivity contribution in [1.82, 2.24) is 14.8 Å². The van der Waals surface area contributed by atoms with Gasteiger partial charge in [0.05, 0.1) is 12.1 Å². The number of carbonyl (C=O) groups excluding carboxylic acids is 2. The number of phenols is 1. The Labute approximate surface area is 191 Å². The fourth-order valence-corrected chi connectivity index (χ4v) is 4.18. The second-order valence-corrected chi connectivity index (χ2v) is 9.05. The molecule has 8 heteroatoms. The molecule has 2 heterocycles. The SMILES string of the molecule is CN(C)C(=O)C(C)(C)Oc1c2c(c(O)c3ncc(Cc4ccc(F)cc4)cc13)C(=O)N(C)C2. The van der Waals surface area contributed by atoms with E-state index in [1.165, 1.54) is 21.9 Å². The Hall–Kier alpha value is -3.68. The Kier molecular flexibility index (Phi) is 5.47. The first-order valence-corrected chi connectivity index (χ1v) is 10.6. The number of pyridine rings is 1. The molecular formula is C25H26FN3O4. The lowest BCUT2D eigenvalue weighted by atomic mass is 9.98. The summed E-state index contributed by atoms with van der Waals surface area (Å²) in [5, 5.41) is 11.4. The largest absolute Gasteiger partial charge is 0.505 e. The molecule has 0 unspecified atom stereocenters. The van der Waals surface area contributed by atoms with E-state index in [2.05, 4.69) is 4.98 Å². The average Bonchev–Trinajstić information content (AvgIpc) is 3.06. The van der Waals surface area contributed by atoms with Gasteiger partial charge in [0.2, 0.25) is 0 Å². The average molecular weight is 451 g/mol. The van der Waals surface area contributed by atoms with Crippen molar-refractivity contribution in [2.75, 3.05) is 21.1 Å². The van der Waals surface area contributed by atoms with Crippen molar-refractivity contribution in [2.24, 2.45) is 0 Å². The Morgan fingerprint density at radius 1 is 1.24 bits per heavy atom. The van der Waals surface area contributed by atoms with Gasteiger partial charge in [-0.05, 0) is 49.6 Å². The lowest BCUT2D eigenvalue weighted by Crippen LogP contribution is -2.46. The van der Waals surface area contributed by atoms with Crippen LogP contribution < -0.4 is 4.74 Å². The van der Waals surface area contributed by atoms with E-state index >= 15 is 0 Å². The molecule has 0 fully saturated rings. The van der Waals surface area contributed by atoms with Gasteiger partial charge >= 0.3 is 0 Å². The number of fused-ring (bicyclic) bond motifs is 2. The molecule has 7 nitrogen and oxygen atoms in total. The number of hydrogen-bond donors (Lipinski definition) is 1. The number of aromatic nitrogens is 1. The van der Waals surface area contributed by atoms with Gasteiger partial charge in [0.15, 0.2) is 11.4 Å². The molecule has 3 aromatic rings. The van der Waals surface area contributed by atoms with Crippen molar-refractivity contribution in [2.45, 2.75) is 32.4 Å². The van der Waals surface area contributed by atoms with Gasteiger partial charge in [-0.1, -0.05) is 12.1 Å². The molecule has 2 aromatic carbocycles. The zero-order valence-corrected chi connectivity index (χ0v) is 19.3. The minimum atomic E-state index is -1.22. The zero-order chi connectivity index (χ0) is 24.1. The number of aromatic hydroxyl groups is 1. The van der Waals surface area contributed by atoms with E-state index in [1.807, 2.05) is 6.07 Å². The quantitative estimate of drug-likeness (QED) is 0.642. The molecule has 2 amide bonds. The number of rotatable bonds is 5. The van der Waals surface area contributed by atoms with Crippen molar-refractivity contribution in [3.63, 3.8) is 0 Å². The lowest BCUT2D eigenvalue weighted by molar-refractivity contribution is -0.142. The highest BCUT2D eigenvalue weighted by atomic mass is 19.1. The third-order valence-electron chi connectivity index (χ3n) is 5.78. The summed E-state index contributed by atoms with van der Waals surface area (Å²) < 4.78 is 19.6. The van der Waals surface area contributed by atoms with Crippen molar-refractivity contribution >= 4 is 22.7 Å². The number of carbonyl (C=O) groups is 2. The molecule has 0 radical (unpaired) electrons. The predicted octanol–water partition coefficient (Wildman–Crippen LogP) is 3.50. The Morgan fingerprint density at radius 3 is 2.55 bits per heavy atom. The number of nitrogens with zero attached hydrogens (tertiary/aromatic N) is 3. The molecule has 0 aliphatic carbocycles. The minimum absolute atomic E-state index is 0.145. The van der Waals surface area contributed by atoms with Crippen LogP contribution in [0.25, 0.3) is 10.9 Å². The van der Waals surface area contributed by atoms with Crippen LogP contribution in [0.1, 0.15) is 40.9 Å². The second kappa shape index (κ2) is 8.03. The molecule has 0 saturated heterocycles. The van der Waals surface area contributed by atoms with E-state index in [0.29, 0.717) is 23.1 Å². The summed E-state index contributed by atoms with van der Waals surface area (Å²) in [7, 11) is 4.93. The number of amides is 2. The van der Waals surface area contributed by atoms with Crippen LogP contribution in [0.15, 0.2) is 36.5 Å². The summed E-state index contributed by atoms with van der Waals surface area (Å²) in [5.74, 6) is -0.738. The number of ether oxygens (including phenoxy) is 1. The number of halogens is 1. The Bertz CT molecular complexity index is 1270. The standard InChI is InChI=1S/C25H26FN3O4/c1-25(2,24(32)28(3)4)33-22-17-11-15(10-14-6-8-16(26)9-7-14)12-27-20(17)21(30)19-18(22)13-29(5)23(19)31/h6-9,11-12,30H,10,13H2,1-5H3. The fraction of sp³-hybridized carbons (Fsp3) is 0.320. The molecule has 1 aromatic heterocycles. The molecule has 4 rings (SSSR count). The van der Waals surface area contributed by atoms with Gasteiger partial charge in [-0.3, -0.25) is 14.6 Å². The highest BCUT2D eigenvalue weighted by molar-refractivity contribution is 6.08. The zero-order valence-electron chi connectivity index (χ0n) is 19.3. The molecule has 1 N–H and O–H groups in total. The minimum Gasteiger partial charge on any atom is -0.505 e. The van der Waals surface area contributed by atoms with E-state index in [0.717, 1.165) is 11.1 Å². The third-order valence-corrected chi connectivity index (χ3v) is 5.78. The van der Waals surface area contributed by atoms with Gasteiger partial charge in [-0.2, -0.15) is 0 Å². The summed E-state index contributed by atoms with van der Waals surface area (Å²) in [6.07, 6.45) is 2.10. The maximum Gasteiger partial charge on any atom is 0.265 e. The van der Waals surface area contributed by atoms with E-state index in [9.17, 15) is 19.1 Å². The molecule has 0 spiro atoms. The molecule has 0 atom stereocenters. The molecule has 1 aliphatic heterocycles. The van der Waals surface area contributed by atoms with Gasteiger partial charge in [-0.15, -0.1) is 0 Å². The summed E-state index contributed by atoms with van der Waals surface area (Å²) in [6.45, 7) is 3.56. The topological polar surface area (TPSA) is 83.0 Å². The van der Waals surface area contributed by atoms with E-state index in [1.54, 1.807) is 53.3 Å². The van der Waals surface area contributed by atoms with E-state index in [4.69, 9.17) is 4.74 Å². The van der Waals surface area contributed by atoms with Crippen LogP contribution in [0, 0.1) is 5.82 Å². The van der Waals surface area contributed by atoms with Gasteiger partial charge in [0.1, 0.15) is 17.1 Å². The van der Waals surface area contributed by atoms with Crippen LogP contribution in [-0.4, -0.2) is 58.4 Å². The van der Waals surface area contributed by atoms with Gasteiger partial charge < -0.3 is 19.6 Å². The van der Waals surface area contributed by atoms with Gasteiger partial charge in [0.25, 0.3) is 11.8 Å². The van der Waals surface area contributed by atoms with Crippen molar-refractivity contribution in [3.05, 3.63) is 64.6 Å². The number of benzene rings is 2. The summed E-state index contributed by atoms with van der Waals surface area (Å²) in [4.78, 5) is 32.9. The maximum atomic E-state index is 13.3. The van der Waals surface area contributed by atoms with Gasteiger partial charge in [-0.25, -0.2) is 4.39 Å². The highest BCUT2D eigenvalue weighted by Gasteiger charge is 2.38. The van der Waals surface area contributed by atoms with Crippen molar-refractivity contribution < 1.29 is 23.8 Å². The summed E-state index contributed by atoms with van der Waals surface area (Å²) in [5.41, 5.74) is 1.37. The summed E-state index contributed by atoms with van der Waals surface area (Å²) in [6, 6.07) is 8.02. The monoisotopic (exact) mass is 451 g/mol. The summed E-state index contributed by atoms with van der Waals surface area (Å²) >= 11 is 0. The molecular weight excluding hydrogens is 425 g/mol. The maximum absolute atomic E-state index is 13.3. The number of hydrogen-bond acceptors (Lipinski definition) is 5. The van der Waals surface area contributed by atoms with Crippen LogP contribution in [0.2, 0.25) is 0 Å². The normalized spacial score (nSPS) is 13.4.